The molecule has 0 bridgehead atoms. The molecule has 3 heterocycles. The molecule has 2 aromatic carbocycles. The molecule has 41 heavy (non-hydrogen) atoms. The van der Waals surface area contributed by atoms with Crippen molar-refractivity contribution < 1.29 is 9.50 Å². The van der Waals surface area contributed by atoms with Gasteiger partial charge in [-0.25, -0.2) is 4.39 Å². The summed E-state index contributed by atoms with van der Waals surface area (Å²) < 4.78 is 18.3. The molecule has 10 nitrogen and oxygen atoms in total. The first-order valence-corrected chi connectivity index (χ1v) is 13.3. The van der Waals surface area contributed by atoms with Crippen LogP contribution in [0.5, 0.6) is 0 Å². The Hall–Kier alpha value is -5.08. The van der Waals surface area contributed by atoms with Crippen LogP contribution in [0.25, 0.3) is 27.8 Å². The van der Waals surface area contributed by atoms with Gasteiger partial charge in [-0.05, 0) is 67.8 Å². The van der Waals surface area contributed by atoms with Gasteiger partial charge in [0.1, 0.15) is 17.6 Å². The summed E-state index contributed by atoms with van der Waals surface area (Å²) in [5, 5.41) is 23.5. The molecule has 0 atom stereocenters. The van der Waals surface area contributed by atoms with E-state index in [1.54, 1.807) is 42.7 Å². The summed E-state index contributed by atoms with van der Waals surface area (Å²) in [5.41, 5.74) is 8.62. The van der Waals surface area contributed by atoms with Crippen molar-refractivity contribution in [3.8, 4) is 23.1 Å². The summed E-state index contributed by atoms with van der Waals surface area (Å²) in [5.74, 6) is 0.0429. The van der Waals surface area contributed by atoms with Gasteiger partial charge in [-0.15, -0.1) is 0 Å². The zero-order chi connectivity index (χ0) is 28.8. The zero-order valence-corrected chi connectivity index (χ0v) is 22.5. The molecule has 0 radical (unpaired) electrons. The Morgan fingerprint density at radius 1 is 1.20 bits per heavy atom. The first kappa shape index (κ1) is 26.2. The van der Waals surface area contributed by atoms with E-state index in [0.717, 1.165) is 18.4 Å². The highest BCUT2D eigenvalue weighted by molar-refractivity contribution is 5.83. The van der Waals surface area contributed by atoms with E-state index in [1.807, 2.05) is 24.5 Å². The quantitative estimate of drug-likeness (QED) is 0.258. The number of aromatic nitrogens is 5. The fourth-order valence-electron chi connectivity index (χ4n) is 5.13. The lowest BCUT2D eigenvalue weighted by atomic mass is 10.0. The van der Waals surface area contributed by atoms with Crippen LogP contribution in [0.4, 0.5) is 22.0 Å². The summed E-state index contributed by atoms with van der Waals surface area (Å²) in [7, 11) is 0. The number of nitrogens with one attached hydrogen (secondary N) is 1. The van der Waals surface area contributed by atoms with Gasteiger partial charge in [-0.2, -0.15) is 20.2 Å². The fraction of sp³-hybridized carbons (Fsp3) is 0.233. The number of aliphatic hydroxyl groups excluding tert-OH is 1. The Bertz CT molecular complexity index is 1920. The van der Waals surface area contributed by atoms with Gasteiger partial charge in [0.25, 0.3) is 5.56 Å². The highest BCUT2D eigenvalue weighted by Crippen LogP contribution is 2.41. The van der Waals surface area contributed by atoms with Gasteiger partial charge in [0, 0.05) is 29.6 Å². The zero-order valence-electron chi connectivity index (χ0n) is 22.5. The van der Waals surface area contributed by atoms with Crippen LogP contribution < -0.4 is 16.6 Å². The van der Waals surface area contributed by atoms with E-state index in [0.29, 0.717) is 39.5 Å². The van der Waals surface area contributed by atoms with Crippen molar-refractivity contribution in [2.75, 3.05) is 11.1 Å². The molecule has 3 aromatic heterocycles. The van der Waals surface area contributed by atoms with E-state index in [1.165, 1.54) is 10.6 Å². The molecule has 0 aliphatic heterocycles. The van der Waals surface area contributed by atoms with E-state index in [4.69, 9.17) is 5.73 Å². The van der Waals surface area contributed by atoms with Crippen LogP contribution in [-0.2, 0) is 6.61 Å². The number of nitrogen functional groups attached to an aromatic ring is 1. The van der Waals surface area contributed by atoms with Crippen LogP contribution in [0, 0.1) is 17.1 Å². The van der Waals surface area contributed by atoms with Crippen molar-refractivity contribution in [3.63, 3.8) is 0 Å². The van der Waals surface area contributed by atoms with E-state index in [2.05, 4.69) is 26.3 Å². The number of anilines is 3. The van der Waals surface area contributed by atoms with Crippen LogP contribution in [0.2, 0.25) is 0 Å². The minimum absolute atomic E-state index is 0.00726. The first-order valence-electron chi connectivity index (χ1n) is 13.3. The molecule has 0 amide bonds. The van der Waals surface area contributed by atoms with Gasteiger partial charge in [0.05, 0.1) is 23.4 Å². The van der Waals surface area contributed by atoms with E-state index in [-0.39, 0.29) is 29.1 Å². The highest BCUT2D eigenvalue weighted by Gasteiger charge is 2.25. The smallest absolute Gasteiger partial charge is 0.265 e. The van der Waals surface area contributed by atoms with Gasteiger partial charge >= 0.3 is 0 Å². The summed E-state index contributed by atoms with van der Waals surface area (Å²) in [6, 6.07) is 14.0. The molecule has 0 saturated heterocycles. The molecule has 1 saturated carbocycles. The Labute approximate surface area is 234 Å². The molecule has 11 heteroatoms. The third-order valence-corrected chi connectivity index (χ3v) is 7.27. The van der Waals surface area contributed by atoms with Crippen molar-refractivity contribution in [2.45, 2.75) is 45.3 Å². The predicted octanol–water partition coefficient (Wildman–Crippen LogP) is 4.93. The van der Waals surface area contributed by atoms with E-state index < -0.39 is 18.0 Å². The second kappa shape index (κ2) is 10.1. The number of nitriles is 1. The molecule has 5 aromatic rings. The number of benzene rings is 2. The van der Waals surface area contributed by atoms with Gasteiger partial charge in [-0.3, -0.25) is 9.36 Å². The molecular formula is C30H27FN8O2. The Kier molecular flexibility index (Phi) is 6.47. The number of aliphatic hydroxyl groups is 1. The average Bonchev–Trinajstić information content (AvgIpc) is 3.72. The predicted molar refractivity (Wildman–Crippen MR) is 153 cm³/mol. The fourth-order valence-corrected chi connectivity index (χ4v) is 5.13. The number of fused-ring (bicyclic) bond motifs is 1. The lowest BCUT2D eigenvalue weighted by Gasteiger charge is -2.16. The monoisotopic (exact) mass is 550 g/mol. The molecular weight excluding hydrogens is 523 g/mol. The lowest BCUT2D eigenvalue weighted by molar-refractivity contribution is 0.282. The molecule has 1 aliphatic carbocycles. The van der Waals surface area contributed by atoms with Crippen LogP contribution in [0.1, 0.15) is 55.5 Å². The van der Waals surface area contributed by atoms with Gasteiger partial charge in [0.2, 0.25) is 11.9 Å². The maximum Gasteiger partial charge on any atom is 0.265 e. The Morgan fingerprint density at radius 3 is 2.68 bits per heavy atom. The first-order chi connectivity index (χ1) is 19.8. The van der Waals surface area contributed by atoms with E-state index >= 15 is 4.39 Å². The minimum Gasteiger partial charge on any atom is -0.392 e. The molecule has 206 valence electrons. The number of hydrogen-bond donors (Lipinski definition) is 3. The minimum atomic E-state index is -0.558. The van der Waals surface area contributed by atoms with Crippen LogP contribution in [0.15, 0.2) is 59.7 Å². The highest BCUT2D eigenvalue weighted by atomic mass is 19.1. The number of nitrogens with zero attached hydrogens (tertiary/aromatic N) is 6. The van der Waals surface area contributed by atoms with Crippen LogP contribution >= 0.6 is 0 Å². The van der Waals surface area contributed by atoms with Crippen molar-refractivity contribution in [1.82, 2.24) is 24.1 Å². The molecule has 6 rings (SSSR count). The SMILES string of the molecule is CC(C)n1cc(Nc2nc(N)nc(-c3cccc(-n4ccc5cc(C6CC6)cc(F)c5c4=O)c3CO)n2)cc1C#N. The number of rotatable bonds is 7. The molecule has 1 fully saturated rings. The van der Waals surface area contributed by atoms with Crippen LogP contribution in [-0.4, -0.2) is 29.2 Å². The maximum absolute atomic E-state index is 15.1. The topological polar surface area (TPSA) is 148 Å². The molecule has 4 N–H and O–H groups in total. The summed E-state index contributed by atoms with van der Waals surface area (Å²) in [6.07, 6.45) is 5.42. The summed E-state index contributed by atoms with van der Waals surface area (Å²) >= 11 is 0. The molecule has 0 unspecified atom stereocenters. The van der Waals surface area contributed by atoms with Crippen molar-refractivity contribution >= 4 is 28.4 Å². The molecule has 0 spiro atoms. The number of pyridine rings is 1. The van der Waals surface area contributed by atoms with Crippen molar-refractivity contribution in [3.05, 3.63) is 87.9 Å². The normalized spacial score (nSPS) is 13.1. The standard InChI is InChI=1S/C30H27FN8O2/c1-16(2)39-14-20(12-21(39)13-32)34-30-36-27(35-29(33)37-30)22-4-3-5-25(23(22)15-40)38-9-8-18-10-19(17-6-7-17)11-24(31)26(18)28(38)41/h3-5,8-12,14,16-17,40H,6-7,15H2,1-2H3,(H3,33,34,35,36,37). The number of hydrogen-bond acceptors (Lipinski definition) is 8. The average molecular weight is 551 g/mol. The van der Waals surface area contributed by atoms with E-state index in [9.17, 15) is 15.2 Å². The van der Waals surface area contributed by atoms with Gasteiger partial charge in [-0.1, -0.05) is 18.2 Å². The second-order valence-electron chi connectivity index (χ2n) is 10.4. The third kappa shape index (κ3) is 4.79. The summed E-state index contributed by atoms with van der Waals surface area (Å²) in [4.78, 5) is 26.5. The lowest BCUT2D eigenvalue weighted by Crippen LogP contribution is -2.20. The largest absolute Gasteiger partial charge is 0.392 e. The van der Waals surface area contributed by atoms with Crippen molar-refractivity contribution in [2.24, 2.45) is 0 Å². The Balaban J connectivity index is 1.42. The van der Waals surface area contributed by atoms with Crippen molar-refractivity contribution in [1.29, 1.82) is 5.26 Å². The maximum atomic E-state index is 15.1. The summed E-state index contributed by atoms with van der Waals surface area (Å²) in [6.45, 7) is 3.48. The van der Waals surface area contributed by atoms with Gasteiger partial charge in [0.15, 0.2) is 5.82 Å². The molecule has 1 aliphatic rings. The second-order valence-corrected chi connectivity index (χ2v) is 10.4. The third-order valence-electron chi connectivity index (χ3n) is 7.27. The number of nitrogens with two attached hydrogens (primary N) is 1. The van der Waals surface area contributed by atoms with Gasteiger partial charge < -0.3 is 20.7 Å². The Morgan fingerprint density at radius 2 is 2.00 bits per heavy atom. The van der Waals surface area contributed by atoms with Crippen LogP contribution in [0.3, 0.4) is 0 Å². The number of halogens is 1.